The number of Topliss-reactive ketones (excluding diaryl/α,β-unsaturated/α-hetero) is 1. The maximum atomic E-state index is 13.2. The molecule has 1 aromatic carbocycles. The third-order valence-corrected chi connectivity index (χ3v) is 5.99. The first kappa shape index (κ1) is 19.5. The topological polar surface area (TPSA) is 124 Å². The number of aromatic nitrogens is 2. The molecule has 0 bridgehead atoms. The number of hydrogen-bond donors (Lipinski definition) is 4. The lowest BCUT2D eigenvalue weighted by Crippen LogP contribution is -2.43. The fourth-order valence-corrected chi connectivity index (χ4v) is 4.72. The summed E-state index contributed by atoms with van der Waals surface area (Å²) in [6.07, 6.45) is 2.30. The van der Waals surface area contributed by atoms with Crippen LogP contribution in [0, 0.1) is 11.3 Å². The van der Waals surface area contributed by atoms with E-state index in [0.717, 1.165) is 0 Å². The Morgan fingerprint density at radius 1 is 1.17 bits per heavy atom. The highest BCUT2D eigenvalue weighted by Gasteiger charge is 2.45. The molecular weight excluding hydrogens is 442 g/mol. The molecule has 4 N–H and O–H groups in total. The highest BCUT2D eigenvalue weighted by Crippen LogP contribution is 2.49. The maximum Gasteiger partial charge on any atom is 0.327 e. The molecule has 152 valence electrons. The average Bonchev–Trinajstić information content (AvgIpc) is 2.60. The predicted octanol–water partition coefficient (Wildman–Crippen LogP) is 2.60. The molecule has 8 nitrogen and oxygen atoms in total. The number of ether oxygens (including phenoxy) is 1. The zero-order valence-corrected chi connectivity index (χ0v) is 17.6. The molecule has 1 aliphatic heterocycles. The number of hydrogen-bond acceptors (Lipinski definition) is 6. The van der Waals surface area contributed by atoms with Crippen LogP contribution >= 0.6 is 15.9 Å². The third kappa shape index (κ3) is 3.19. The molecule has 0 amide bonds. The lowest BCUT2D eigenvalue weighted by atomic mass is 9.67. The van der Waals surface area contributed by atoms with E-state index < -0.39 is 23.1 Å². The van der Waals surface area contributed by atoms with E-state index >= 15 is 0 Å². The number of fused-ring (bicyclic) bond motifs is 2. The first-order valence-corrected chi connectivity index (χ1v) is 9.86. The van der Waals surface area contributed by atoms with Crippen molar-refractivity contribution in [2.45, 2.75) is 26.2 Å². The molecule has 29 heavy (non-hydrogen) atoms. The van der Waals surface area contributed by atoms with Crippen molar-refractivity contribution in [1.29, 1.82) is 0 Å². The van der Waals surface area contributed by atoms with Gasteiger partial charge < -0.3 is 15.2 Å². The summed E-state index contributed by atoms with van der Waals surface area (Å²) in [7, 11) is 1.42. The highest BCUT2D eigenvalue weighted by atomic mass is 79.9. The van der Waals surface area contributed by atoms with E-state index in [2.05, 4.69) is 31.2 Å². The minimum Gasteiger partial charge on any atom is -0.503 e. The molecular formula is C20H20BrN3O5. The summed E-state index contributed by atoms with van der Waals surface area (Å²) in [4.78, 5) is 42.6. The van der Waals surface area contributed by atoms with Gasteiger partial charge in [0.1, 0.15) is 11.6 Å². The number of aromatic amines is 2. The fourth-order valence-electron chi connectivity index (χ4n) is 4.26. The second kappa shape index (κ2) is 6.62. The number of benzene rings is 1. The zero-order chi connectivity index (χ0) is 21.1. The van der Waals surface area contributed by atoms with Crippen LogP contribution in [0.5, 0.6) is 11.5 Å². The van der Waals surface area contributed by atoms with E-state index in [4.69, 9.17) is 4.74 Å². The van der Waals surface area contributed by atoms with Crippen LogP contribution in [-0.2, 0) is 4.79 Å². The van der Waals surface area contributed by atoms with Crippen LogP contribution in [-0.4, -0.2) is 28.0 Å². The number of phenols is 1. The zero-order valence-electron chi connectivity index (χ0n) is 16.1. The number of anilines is 1. The van der Waals surface area contributed by atoms with Crippen molar-refractivity contribution in [3.63, 3.8) is 0 Å². The number of carbonyl (C=O) groups excluding carboxylic acids is 1. The van der Waals surface area contributed by atoms with Gasteiger partial charge in [-0.15, -0.1) is 0 Å². The molecule has 2 aliphatic rings. The predicted molar refractivity (Wildman–Crippen MR) is 110 cm³/mol. The Labute approximate surface area is 174 Å². The van der Waals surface area contributed by atoms with Gasteiger partial charge in [-0.1, -0.05) is 19.9 Å². The van der Waals surface area contributed by atoms with Gasteiger partial charge in [-0.3, -0.25) is 19.6 Å². The number of H-pyrrole nitrogens is 2. The molecule has 2 unspecified atom stereocenters. The number of carbonyl (C=O) groups is 1. The summed E-state index contributed by atoms with van der Waals surface area (Å²) in [6.45, 7) is 3.92. The van der Waals surface area contributed by atoms with E-state index in [1.807, 2.05) is 19.9 Å². The van der Waals surface area contributed by atoms with Gasteiger partial charge in [-0.25, -0.2) is 4.79 Å². The molecule has 0 saturated heterocycles. The Morgan fingerprint density at radius 2 is 1.90 bits per heavy atom. The van der Waals surface area contributed by atoms with Crippen LogP contribution in [0.3, 0.4) is 0 Å². The summed E-state index contributed by atoms with van der Waals surface area (Å²) < 4.78 is 5.63. The Kier molecular flexibility index (Phi) is 4.45. The second-order valence-electron chi connectivity index (χ2n) is 8.06. The van der Waals surface area contributed by atoms with Gasteiger partial charge in [-0.2, -0.15) is 0 Å². The van der Waals surface area contributed by atoms with Crippen LogP contribution in [0.4, 0.5) is 5.82 Å². The number of methoxy groups -OCH3 is 1. The van der Waals surface area contributed by atoms with E-state index in [-0.39, 0.29) is 34.1 Å². The number of allylic oxidation sites excluding steroid dienone is 2. The monoisotopic (exact) mass is 461 g/mol. The molecule has 0 fully saturated rings. The molecule has 0 radical (unpaired) electrons. The summed E-state index contributed by atoms with van der Waals surface area (Å²) in [5, 5.41) is 13.3. The molecule has 2 aromatic rings. The standard InChI is InChI=1S/C20H20BrN3O5/c1-20(2)6-10-14(11(25)7-20)13(8-4-9(21)16(26)12(5-8)29-3)15-17(22-10)23-19(28)24-18(15)27/h4-6,13-14,26H,7H2,1-3H3,(H3,22,23,24,27,28). The SMILES string of the molecule is COc1cc(C2c3c([nH]c(=O)[nH]c3=O)NC3=CC(C)(C)CC(=O)C32)cc(Br)c1O. The summed E-state index contributed by atoms with van der Waals surface area (Å²) in [6, 6.07) is 3.27. The maximum absolute atomic E-state index is 13.2. The van der Waals surface area contributed by atoms with E-state index in [1.165, 1.54) is 7.11 Å². The number of nitrogens with one attached hydrogen (secondary N) is 3. The minimum absolute atomic E-state index is 0.00980. The molecule has 1 aromatic heterocycles. The number of halogens is 1. The van der Waals surface area contributed by atoms with Crippen molar-refractivity contribution in [2.24, 2.45) is 11.3 Å². The van der Waals surface area contributed by atoms with Gasteiger partial charge in [0.2, 0.25) is 0 Å². The molecule has 1 aliphatic carbocycles. The first-order chi connectivity index (χ1) is 13.6. The van der Waals surface area contributed by atoms with Crippen molar-refractivity contribution in [3.8, 4) is 11.5 Å². The van der Waals surface area contributed by atoms with Gasteiger partial charge in [0.25, 0.3) is 5.56 Å². The molecule has 0 spiro atoms. The second-order valence-corrected chi connectivity index (χ2v) is 8.92. The highest BCUT2D eigenvalue weighted by molar-refractivity contribution is 9.10. The van der Waals surface area contributed by atoms with E-state index in [9.17, 15) is 19.5 Å². The Morgan fingerprint density at radius 3 is 2.59 bits per heavy atom. The van der Waals surface area contributed by atoms with E-state index in [1.54, 1.807) is 12.1 Å². The minimum atomic E-state index is -0.660. The van der Waals surface area contributed by atoms with Crippen LogP contribution < -0.4 is 21.3 Å². The normalized spacial score (nSPS) is 22.2. The number of aromatic hydroxyl groups is 1. The van der Waals surface area contributed by atoms with Crippen LogP contribution in [0.1, 0.15) is 37.3 Å². The van der Waals surface area contributed by atoms with Gasteiger partial charge in [0, 0.05) is 18.0 Å². The Balaban J connectivity index is 2.03. The number of rotatable bonds is 2. The lowest BCUT2D eigenvalue weighted by Gasteiger charge is -2.40. The molecule has 9 heteroatoms. The summed E-state index contributed by atoms with van der Waals surface area (Å²) in [5.74, 6) is -0.891. The molecule has 4 rings (SSSR count). The largest absolute Gasteiger partial charge is 0.503 e. The first-order valence-electron chi connectivity index (χ1n) is 9.06. The Bertz CT molecular complexity index is 1180. The fraction of sp³-hybridized carbons (Fsp3) is 0.350. The lowest BCUT2D eigenvalue weighted by molar-refractivity contribution is -0.124. The van der Waals surface area contributed by atoms with Crippen molar-refractivity contribution >= 4 is 27.5 Å². The van der Waals surface area contributed by atoms with Gasteiger partial charge in [0.15, 0.2) is 11.5 Å². The van der Waals surface area contributed by atoms with Crippen LogP contribution in [0.25, 0.3) is 0 Å². The van der Waals surface area contributed by atoms with Crippen molar-refractivity contribution in [3.05, 3.63) is 60.3 Å². The number of phenolic OH excluding ortho intramolecular Hbond substituents is 1. The van der Waals surface area contributed by atoms with Crippen LogP contribution in [0.15, 0.2) is 38.0 Å². The smallest absolute Gasteiger partial charge is 0.327 e. The van der Waals surface area contributed by atoms with Gasteiger partial charge in [-0.05, 0) is 39.0 Å². The van der Waals surface area contributed by atoms with Crippen molar-refractivity contribution < 1.29 is 14.6 Å². The average molecular weight is 462 g/mol. The third-order valence-electron chi connectivity index (χ3n) is 5.38. The summed E-state index contributed by atoms with van der Waals surface area (Å²) in [5.41, 5.74) is -0.0402. The molecule has 2 atom stereocenters. The van der Waals surface area contributed by atoms with Gasteiger partial charge >= 0.3 is 5.69 Å². The van der Waals surface area contributed by atoms with E-state index in [0.29, 0.717) is 22.2 Å². The molecule has 0 saturated carbocycles. The quantitative estimate of drug-likeness (QED) is 0.544. The Hall–Kier alpha value is -2.81. The van der Waals surface area contributed by atoms with Gasteiger partial charge in [0.05, 0.1) is 23.1 Å². The van der Waals surface area contributed by atoms with Crippen molar-refractivity contribution in [1.82, 2.24) is 9.97 Å². The van der Waals surface area contributed by atoms with Crippen LogP contribution in [0.2, 0.25) is 0 Å². The van der Waals surface area contributed by atoms with Crippen molar-refractivity contribution in [2.75, 3.05) is 12.4 Å². The number of ketones is 1. The summed E-state index contributed by atoms with van der Waals surface area (Å²) >= 11 is 3.31. The molecule has 2 heterocycles.